The first-order chi connectivity index (χ1) is 8.13. The highest BCUT2D eigenvalue weighted by Crippen LogP contribution is 2.11. The molecule has 5 heteroatoms. The van der Waals surface area contributed by atoms with Crippen molar-refractivity contribution >= 4 is 12.0 Å². The number of carbonyl (C=O) groups excluding carboxylic acids is 2. The molecular formula is C12H13NO4. The normalized spacial score (nSPS) is 9.94. The SMILES string of the molecule is C=CC(=O)OC(C)Oc1ccccc1.N=C=O. The minimum Gasteiger partial charge on any atom is -0.455 e. The zero-order chi connectivity index (χ0) is 13.1. The number of benzene rings is 1. The van der Waals surface area contributed by atoms with Gasteiger partial charge >= 0.3 is 5.97 Å². The van der Waals surface area contributed by atoms with Crippen LogP contribution in [0.4, 0.5) is 0 Å². The van der Waals surface area contributed by atoms with Gasteiger partial charge in [-0.1, -0.05) is 24.8 Å². The molecule has 0 aliphatic rings. The summed E-state index contributed by atoms with van der Waals surface area (Å²) in [6, 6.07) is 9.15. The molecule has 1 unspecified atom stereocenters. The summed E-state index contributed by atoms with van der Waals surface area (Å²) in [5.74, 6) is 0.172. The Balaban J connectivity index is 0.000000770. The molecule has 0 heterocycles. The molecule has 0 spiro atoms. The molecule has 17 heavy (non-hydrogen) atoms. The molecule has 1 N–H and O–H groups in total. The summed E-state index contributed by atoms with van der Waals surface area (Å²) < 4.78 is 10.1. The highest BCUT2D eigenvalue weighted by Gasteiger charge is 2.06. The van der Waals surface area contributed by atoms with Crippen molar-refractivity contribution in [2.24, 2.45) is 0 Å². The highest BCUT2D eigenvalue weighted by atomic mass is 16.7. The second-order valence-corrected chi connectivity index (χ2v) is 2.74. The van der Waals surface area contributed by atoms with E-state index >= 15 is 0 Å². The Labute approximate surface area is 99.2 Å². The van der Waals surface area contributed by atoms with Gasteiger partial charge in [-0.15, -0.1) is 0 Å². The Kier molecular flexibility index (Phi) is 7.63. The number of ether oxygens (including phenoxy) is 2. The second kappa shape index (κ2) is 8.88. The van der Waals surface area contributed by atoms with Crippen LogP contribution >= 0.6 is 0 Å². The number of rotatable bonds is 4. The van der Waals surface area contributed by atoms with Crippen LogP contribution in [0.2, 0.25) is 0 Å². The summed E-state index contributed by atoms with van der Waals surface area (Å²) in [4.78, 5) is 19.1. The maximum atomic E-state index is 10.8. The number of hydrogen-bond donors (Lipinski definition) is 1. The topological polar surface area (TPSA) is 76.5 Å². The number of carbonyl (C=O) groups is 1. The van der Waals surface area contributed by atoms with E-state index in [2.05, 4.69) is 6.58 Å². The minimum absolute atomic E-state index is 0.492. The Morgan fingerprint density at radius 2 is 2.00 bits per heavy atom. The third kappa shape index (κ3) is 7.53. The predicted molar refractivity (Wildman–Crippen MR) is 61.2 cm³/mol. The van der Waals surface area contributed by atoms with Crippen molar-refractivity contribution in [3.63, 3.8) is 0 Å². The number of para-hydroxylation sites is 1. The van der Waals surface area contributed by atoms with E-state index in [0.717, 1.165) is 12.2 Å². The van der Waals surface area contributed by atoms with E-state index in [9.17, 15) is 4.79 Å². The fourth-order valence-corrected chi connectivity index (χ4v) is 0.926. The number of nitrogens with one attached hydrogen (secondary N) is 1. The molecule has 0 aliphatic carbocycles. The average Bonchev–Trinajstić information content (AvgIpc) is 2.31. The fraction of sp³-hybridized carbons (Fsp3) is 0.167. The van der Waals surface area contributed by atoms with Crippen LogP contribution in [0, 0.1) is 5.41 Å². The average molecular weight is 235 g/mol. The van der Waals surface area contributed by atoms with E-state index in [1.807, 2.05) is 18.2 Å². The van der Waals surface area contributed by atoms with E-state index < -0.39 is 12.3 Å². The Morgan fingerprint density at radius 1 is 1.47 bits per heavy atom. The lowest BCUT2D eigenvalue weighted by molar-refractivity contribution is -0.154. The lowest BCUT2D eigenvalue weighted by atomic mass is 10.3. The maximum absolute atomic E-state index is 10.8. The van der Waals surface area contributed by atoms with Crippen molar-refractivity contribution in [1.82, 2.24) is 0 Å². The van der Waals surface area contributed by atoms with Gasteiger partial charge in [-0.05, 0) is 12.1 Å². The van der Waals surface area contributed by atoms with Gasteiger partial charge in [0.2, 0.25) is 12.4 Å². The Morgan fingerprint density at radius 3 is 2.47 bits per heavy atom. The van der Waals surface area contributed by atoms with Crippen LogP contribution in [0.25, 0.3) is 0 Å². The molecule has 1 rings (SSSR count). The molecule has 5 nitrogen and oxygen atoms in total. The second-order valence-electron chi connectivity index (χ2n) is 2.74. The summed E-state index contributed by atoms with van der Waals surface area (Å²) in [6.07, 6.45) is 1.24. The first-order valence-electron chi connectivity index (χ1n) is 4.72. The highest BCUT2D eigenvalue weighted by molar-refractivity contribution is 5.81. The van der Waals surface area contributed by atoms with Gasteiger partial charge in [0.05, 0.1) is 0 Å². The third-order valence-electron chi connectivity index (χ3n) is 1.49. The standard InChI is InChI=1S/C11H12O3.CHNO/c1-3-11(12)14-9(2)13-10-7-5-4-6-8-10;2-1-3/h3-9H,1H2,2H3;2H. The monoisotopic (exact) mass is 235 g/mol. The quantitative estimate of drug-likeness (QED) is 0.285. The van der Waals surface area contributed by atoms with Gasteiger partial charge in [-0.25, -0.2) is 15.0 Å². The van der Waals surface area contributed by atoms with Gasteiger partial charge in [-0.2, -0.15) is 0 Å². The summed E-state index contributed by atoms with van der Waals surface area (Å²) in [6.45, 7) is 4.94. The zero-order valence-electron chi connectivity index (χ0n) is 9.38. The van der Waals surface area contributed by atoms with Crippen LogP contribution in [0.15, 0.2) is 43.0 Å². The molecule has 1 aromatic carbocycles. The molecule has 90 valence electrons. The Bertz CT molecular complexity index is 383. The molecule has 0 aromatic heterocycles. The van der Waals surface area contributed by atoms with Gasteiger partial charge in [0, 0.05) is 13.0 Å². The van der Waals surface area contributed by atoms with Crippen LogP contribution in [0.1, 0.15) is 6.92 Å². The smallest absolute Gasteiger partial charge is 0.333 e. The van der Waals surface area contributed by atoms with E-state index in [-0.39, 0.29) is 0 Å². The van der Waals surface area contributed by atoms with Crippen molar-refractivity contribution in [1.29, 1.82) is 5.41 Å². The van der Waals surface area contributed by atoms with Crippen LogP contribution < -0.4 is 4.74 Å². The van der Waals surface area contributed by atoms with Gasteiger partial charge in [-0.3, -0.25) is 0 Å². The maximum Gasteiger partial charge on any atom is 0.333 e. The zero-order valence-corrected chi connectivity index (χ0v) is 9.38. The van der Waals surface area contributed by atoms with Gasteiger partial charge in [0.25, 0.3) is 0 Å². The summed E-state index contributed by atoms with van der Waals surface area (Å²) in [5.41, 5.74) is 0. The molecule has 0 saturated heterocycles. The summed E-state index contributed by atoms with van der Waals surface area (Å²) in [5, 5.41) is 5.40. The Hall–Kier alpha value is -2.39. The van der Waals surface area contributed by atoms with Crippen LogP contribution in [0.3, 0.4) is 0 Å². The van der Waals surface area contributed by atoms with Gasteiger partial charge < -0.3 is 9.47 Å². The minimum atomic E-state index is -0.608. The summed E-state index contributed by atoms with van der Waals surface area (Å²) in [7, 11) is 0. The molecule has 0 fully saturated rings. The molecule has 0 amide bonds. The fourth-order valence-electron chi connectivity index (χ4n) is 0.926. The lowest BCUT2D eigenvalue weighted by Crippen LogP contribution is -2.19. The van der Waals surface area contributed by atoms with E-state index in [4.69, 9.17) is 19.7 Å². The molecule has 0 bridgehead atoms. The van der Waals surface area contributed by atoms with Crippen molar-refractivity contribution < 1.29 is 19.1 Å². The lowest BCUT2D eigenvalue weighted by Gasteiger charge is -2.13. The first-order valence-corrected chi connectivity index (χ1v) is 4.72. The van der Waals surface area contributed by atoms with E-state index in [1.165, 1.54) is 0 Å². The third-order valence-corrected chi connectivity index (χ3v) is 1.49. The van der Waals surface area contributed by atoms with Crippen molar-refractivity contribution in [3.05, 3.63) is 43.0 Å². The molecule has 0 saturated carbocycles. The predicted octanol–water partition coefficient (Wildman–Crippen LogP) is 2.04. The molecule has 0 radical (unpaired) electrons. The molecule has 1 atom stereocenters. The van der Waals surface area contributed by atoms with E-state index in [1.54, 1.807) is 19.1 Å². The molecule has 1 aromatic rings. The van der Waals surface area contributed by atoms with Crippen LogP contribution in [-0.4, -0.2) is 18.3 Å². The van der Waals surface area contributed by atoms with Gasteiger partial charge in [0.15, 0.2) is 0 Å². The summed E-state index contributed by atoms with van der Waals surface area (Å²) >= 11 is 0. The molecular weight excluding hydrogens is 222 g/mol. The number of hydrogen-bond acceptors (Lipinski definition) is 5. The first kappa shape index (κ1) is 14.6. The van der Waals surface area contributed by atoms with Crippen molar-refractivity contribution in [2.45, 2.75) is 13.2 Å². The van der Waals surface area contributed by atoms with Crippen molar-refractivity contribution in [3.8, 4) is 5.75 Å². The molecule has 0 aliphatic heterocycles. The largest absolute Gasteiger partial charge is 0.455 e. The van der Waals surface area contributed by atoms with Crippen molar-refractivity contribution in [2.75, 3.05) is 0 Å². The van der Waals surface area contributed by atoms with Crippen LogP contribution in [-0.2, 0) is 14.3 Å². The number of isocyanates is 1. The van der Waals surface area contributed by atoms with E-state index in [0.29, 0.717) is 5.75 Å². The van der Waals surface area contributed by atoms with Crippen LogP contribution in [0.5, 0.6) is 5.75 Å². The number of esters is 1. The van der Waals surface area contributed by atoms with Gasteiger partial charge in [0.1, 0.15) is 5.75 Å².